The third-order valence-electron chi connectivity index (χ3n) is 2.47. The largest absolute Gasteiger partial charge is 0.497 e. The van der Waals surface area contributed by atoms with E-state index in [1.165, 1.54) is 0 Å². The lowest BCUT2D eigenvalue weighted by molar-refractivity contribution is 0.414. The van der Waals surface area contributed by atoms with E-state index in [9.17, 15) is 0 Å². The van der Waals surface area contributed by atoms with Gasteiger partial charge in [-0.1, -0.05) is 12.1 Å². The van der Waals surface area contributed by atoms with Gasteiger partial charge in [-0.15, -0.1) is 11.3 Å². The first-order valence-electron chi connectivity index (χ1n) is 4.96. The maximum atomic E-state index is 6.25. The average molecular weight is 377 g/mol. The van der Waals surface area contributed by atoms with Gasteiger partial charge >= 0.3 is 0 Å². The molecule has 2 nitrogen and oxygen atoms in total. The first-order valence-corrected chi connectivity index (χ1v) is 7.36. The standard InChI is InChI=1S/C12H11Br2NOS/c1-16-8-4-2-3-7(5-8)11(15)9-6-10(13)17-12(9)14/h2-6,11H,15H2,1H3. The molecule has 0 saturated heterocycles. The highest BCUT2D eigenvalue weighted by atomic mass is 79.9. The Morgan fingerprint density at radius 3 is 2.65 bits per heavy atom. The number of rotatable bonds is 3. The Balaban J connectivity index is 2.36. The number of hydrogen-bond donors (Lipinski definition) is 1. The van der Waals surface area contributed by atoms with Crippen molar-refractivity contribution in [2.24, 2.45) is 5.73 Å². The van der Waals surface area contributed by atoms with E-state index in [-0.39, 0.29) is 6.04 Å². The molecule has 0 spiro atoms. The Morgan fingerprint density at radius 2 is 2.06 bits per heavy atom. The Bertz CT molecular complexity index is 527. The molecule has 5 heteroatoms. The van der Waals surface area contributed by atoms with E-state index in [4.69, 9.17) is 10.5 Å². The van der Waals surface area contributed by atoms with Crippen LogP contribution in [0.3, 0.4) is 0 Å². The molecule has 1 aromatic carbocycles. The number of halogens is 2. The highest BCUT2D eigenvalue weighted by molar-refractivity contribution is 9.12. The van der Waals surface area contributed by atoms with E-state index in [1.807, 2.05) is 30.3 Å². The molecule has 2 aromatic rings. The zero-order valence-corrected chi connectivity index (χ0v) is 13.1. The average Bonchev–Trinajstić information content (AvgIpc) is 2.67. The van der Waals surface area contributed by atoms with E-state index in [2.05, 4.69) is 31.9 Å². The van der Waals surface area contributed by atoms with Gasteiger partial charge in [0.2, 0.25) is 0 Å². The van der Waals surface area contributed by atoms with Crippen LogP contribution >= 0.6 is 43.2 Å². The van der Waals surface area contributed by atoms with Crippen LogP contribution < -0.4 is 10.5 Å². The Labute approximate surface area is 121 Å². The molecule has 0 aliphatic rings. The molecule has 0 fully saturated rings. The quantitative estimate of drug-likeness (QED) is 0.865. The van der Waals surface area contributed by atoms with Crippen LogP contribution in [0.1, 0.15) is 17.2 Å². The number of methoxy groups -OCH3 is 1. The SMILES string of the molecule is COc1cccc(C(N)c2cc(Br)sc2Br)c1. The summed E-state index contributed by atoms with van der Waals surface area (Å²) in [7, 11) is 1.65. The first kappa shape index (κ1) is 13.1. The van der Waals surface area contributed by atoms with E-state index >= 15 is 0 Å². The summed E-state index contributed by atoms with van der Waals surface area (Å²) < 4.78 is 7.33. The lowest BCUT2D eigenvalue weighted by Crippen LogP contribution is -2.11. The minimum atomic E-state index is -0.151. The summed E-state index contributed by atoms with van der Waals surface area (Å²) in [5.74, 6) is 0.823. The van der Waals surface area contributed by atoms with E-state index in [0.717, 1.165) is 24.4 Å². The topological polar surface area (TPSA) is 35.2 Å². The monoisotopic (exact) mass is 375 g/mol. The van der Waals surface area contributed by atoms with E-state index < -0.39 is 0 Å². The molecule has 2 rings (SSSR count). The summed E-state index contributed by atoms with van der Waals surface area (Å²) in [5.41, 5.74) is 8.37. The van der Waals surface area contributed by atoms with Gasteiger partial charge in [0.25, 0.3) is 0 Å². The molecule has 1 unspecified atom stereocenters. The first-order chi connectivity index (χ1) is 8.11. The molecule has 2 N–H and O–H groups in total. The van der Waals surface area contributed by atoms with Gasteiger partial charge in [-0.25, -0.2) is 0 Å². The smallest absolute Gasteiger partial charge is 0.119 e. The zero-order valence-electron chi connectivity index (χ0n) is 9.11. The fraction of sp³-hybridized carbons (Fsp3) is 0.167. The number of nitrogens with two attached hydrogens (primary N) is 1. The highest BCUT2D eigenvalue weighted by Gasteiger charge is 2.15. The van der Waals surface area contributed by atoms with Gasteiger partial charge in [-0.3, -0.25) is 0 Å². The Morgan fingerprint density at radius 1 is 1.29 bits per heavy atom. The van der Waals surface area contributed by atoms with Gasteiger partial charge in [0.15, 0.2) is 0 Å². The molecule has 90 valence electrons. The Kier molecular flexibility index (Phi) is 4.25. The van der Waals surface area contributed by atoms with Gasteiger partial charge in [-0.05, 0) is 61.2 Å². The normalized spacial score (nSPS) is 12.5. The van der Waals surface area contributed by atoms with Crippen molar-refractivity contribution in [3.05, 3.63) is 49.0 Å². The van der Waals surface area contributed by atoms with Gasteiger partial charge in [0.05, 0.1) is 20.7 Å². The molecule has 0 saturated carbocycles. The van der Waals surface area contributed by atoms with Crippen molar-refractivity contribution in [1.82, 2.24) is 0 Å². The third-order valence-corrected chi connectivity index (χ3v) is 4.86. The van der Waals surface area contributed by atoms with Crippen molar-refractivity contribution in [2.45, 2.75) is 6.04 Å². The van der Waals surface area contributed by atoms with Crippen molar-refractivity contribution in [1.29, 1.82) is 0 Å². The second kappa shape index (κ2) is 5.52. The molecule has 1 atom stereocenters. The van der Waals surface area contributed by atoms with Crippen molar-refractivity contribution in [3.63, 3.8) is 0 Å². The molecule has 17 heavy (non-hydrogen) atoms. The molecule has 0 radical (unpaired) electrons. The maximum absolute atomic E-state index is 6.25. The third kappa shape index (κ3) is 2.91. The van der Waals surface area contributed by atoms with Crippen LogP contribution in [0.25, 0.3) is 0 Å². The van der Waals surface area contributed by atoms with Crippen molar-refractivity contribution < 1.29 is 4.74 Å². The van der Waals surface area contributed by atoms with Crippen LogP contribution in [0.15, 0.2) is 37.9 Å². The van der Waals surface area contributed by atoms with Gasteiger partial charge < -0.3 is 10.5 Å². The second-order valence-corrected chi connectivity index (χ2v) is 7.28. The predicted octanol–water partition coefficient (Wildman–Crippen LogP) is 4.33. The number of benzene rings is 1. The van der Waals surface area contributed by atoms with Crippen LogP contribution in [0, 0.1) is 0 Å². The molecule has 0 amide bonds. The lowest BCUT2D eigenvalue weighted by Gasteiger charge is -2.12. The summed E-state index contributed by atoms with van der Waals surface area (Å²) in [6.45, 7) is 0. The molecule has 0 bridgehead atoms. The second-order valence-electron chi connectivity index (χ2n) is 3.53. The summed E-state index contributed by atoms with van der Waals surface area (Å²) in [5, 5.41) is 0. The highest BCUT2D eigenvalue weighted by Crippen LogP contribution is 2.37. The van der Waals surface area contributed by atoms with Crippen molar-refractivity contribution in [3.8, 4) is 5.75 Å². The fourth-order valence-electron chi connectivity index (χ4n) is 1.58. The minimum Gasteiger partial charge on any atom is -0.497 e. The number of hydrogen-bond acceptors (Lipinski definition) is 3. The molecule has 1 aromatic heterocycles. The van der Waals surface area contributed by atoms with Gasteiger partial charge in [0, 0.05) is 0 Å². The van der Waals surface area contributed by atoms with Crippen molar-refractivity contribution >= 4 is 43.2 Å². The minimum absolute atomic E-state index is 0.151. The van der Waals surface area contributed by atoms with E-state index in [0.29, 0.717) is 0 Å². The summed E-state index contributed by atoms with van der Waals surface area (Å²) in [4.78, 5) is 0. The van der Waals surface area contributed by atoms with Crippen LogP contribution in [-0.4, -0.2) is 7.11 Å². The molecular weight excluding hydrogens is 366 g/mol. The van der Waals surface area contributed by atoms with Crippen LogP contribution in [0.4, 0.5) is 0 Å². The van der Waals surface area contributed by atoms with Crippen LogP contribution in [-0.2, 0) is 0 Å². The predicted molar refractivity (Wildman–Crippen MR) is 78.7 cm³/mol. The zero-order chi connectivity index (χ0) is 12.4. The lowest BCUT2D eigenvalue weighted by atomic mass is 10.0. The van der Waals surface area contributed by atoms with Gasteiger partial charge in [0.1, 0.15) is 5.75 Å². The molecule has 1 heterocycles. The molecule has 0 aliphatic heterocycles. The summed E-state index contributed by atoms with van der Waals surface area (Å²) >= 11 is 8.61. The van der Waals surface area contributed by atoms with Crippen LogP contribution in [0.5, 0.6) is 5.75 Å². The summed E-state index contributed by atoms with van der Waals surface area (Å²) in [6, 6.07) is 9.72. The van der Waals surface area contributed by atoms with E-state index in [1.54, 1.807) is 18.4 Å². The molecule has 0 aliphatic carbocycles. The maximum Gasteiger partial charge on any atom is 0.119 e. The summed E-state index contributed by atoms with van der Waals surface area (Å²) in [6.07, 6.45) is 0. The Hall–Kier alpha value is -0.360. The molecular formula is C12H11Br2NOS. The fourth-order valence-corrected chi connectivity index (χ4v) is 4.51. The van der Waals surface area contributed by atoms with Gasteiger partial charge in [-0.2, -0.15) is 0 Å². The number of ether oxygens (including phenoxy) is 1. The number of thiophene rings is 1. The van der Waals surface area contributed by atoms with Crippen LogP contribution in [0.2, 0.25) is 0 Å². The van der Waals surface area contributed by atoms with Crippen molar-refractivity contribution in [2.75, 3.05) is 7.11 Å².